The molecule has 2 rings (SSSR count). The third-order valence-corrected chi connectivity index (χ3v) is 3.24. The second kappa shape index (κ2) is 6.00. The molecule has 0 radical (unpaired) electrons. The van der Waals surface area contributed by atoms with Gasteiger partial charge in [-0.15, -0.1) is 0 Å². The van der Waals surface area contributed by atoms with E-state index in [1.807, 2.05) is 19.9 Å². The zero-order valence-electron chi connectivity index (χ0n) is 11.2. The van der Waals surface area contributed by atoms with Crippen LogP contribution in [0.3, 0.4) is 0 Å². The van der Waals surface area contributed by atoms with Gasteiger partial charge in [0.25, 0.3) is 0 Å². The average molecular weight is 249 g/mol. The summed E-state index contributed by atoms with van der Waals surface area (Å²) in [4.78, 5) is 8.75. The molecule has 1 unspecified atom stereocenters. The Morgan fingerprint density at radius 2 is 2.00 bits per heavy atom. The Morgan fingerprint density at radius 3 is 2.56 bits per heavy atom. The van der Waals surface area contributed by atoms with Gasteiger partial charge in [0, 0.05) is 25.2 Å². The standard InChI is InChI=1S/C13H23N5/c1-9(14)7-15-12-6-13(18-10(2)17-12)16-8-11-4-3-5-11/h6,9,11H,3-5,7-8,14H2,1-2H3,(H2,15,16,17,18). The molecule has 0 aromatic carbocycles. The van der Waals surface area contributed by atoms with Crippen molar-refractivity contribution in [3.05, 3.63) is 11.9 Å². The molecule has 18 heavy (non-hydrogen) atoms. The number of aryl methyl sites for hydroxylation is 1. The monoisotopic (exact) mass is 249 g/mol. The Kier molecular flexibility index (Phi) is 4.36. The molecule has 1 aromatic rings. The topological polar surface area (TPSA) is 75.9 Å². The van der Waals surface area contributed by atoms with Gasteiger partial charge in [-0.3, -0.25) is 0 Å². The lowest BCUT2D eigenvalue weighted by Gasteiger charge is -2.25. The zero-order chi connectivity index (χ0) is 13.0. The predicted octanol–water partition coefficient (Wildman–Crippen LogP) is 1.76. The Hall–Kier alpha value is -1.36. The smallest absolute Gasteiger partial charge is 0.131 e. The molecule has 0 bridgehead atoms. The minimum atomic E-state index is 0.117. The molecule has 1 aromatic heterocycles. The van der Waals surface area contributed by atoms with E-state index in [9.17, 15) is 0 Å². The molecular weight excluding hydrogens is 226 g/mol. The Morgan fingerprint density at radius 1 is 1.33 bits per heavy atom. The molecule has 0 saturated heterocycles. The highest BCUT2D eigenvalue weighted by atomic mass is 15.1. The Labute approximate surface area is 109 Å². The first-order valence-electron chi connectivity index (χ1n) is 6.72. The van der Waals surface area contributed by atoms with E-state index in [1.54, 1.807) is 0 Å². The van der Waals surface area contributed by atoms with Gasteiger partial charge in [0.2, 0.25) is 0 Å². The van der Waals surface area contributed by atoms with E-state index >= 15 is 0 Å². The summed E-state index contributed by atoms with van der Waals surface area (Å²) in [5, 5.41) is 6.62. The molecule has 1 saturated carbocycles. The summed E-state index contributed by atoms with van der Waals surface area (Å²) in [5.41, 5.74) is 5.72. The fourth-order valence-electron chi connectivity index (χ4n) is 1.96. The highest BCUT2D eigenvalue weighted by molar-refractivity contribution is 5.47. The van der Waals surface area contributed by atoms with E-state index in [-0.39, 0.29) is 6.04 Å². The second-order valence-corrected chi connectivity index (χ2v) is 5.22. The van der Waals surface area contributed by atoms with Crippen LogP contribution >= 0.6 is 0 Å². The maximum atomic E-state index is 5.72. The van der Waals surface area contributed by atoms with Crippen molar-refractivity contribution in [3.8, 4) is 0 Å². The summed E-state index contributed by atoms with van der Waals surface area (Å²) in [6.07, 6.45) is 4.05. The average Bonchev–Trinajstić information content (AvgIpc) is 2.23. The van der Waals surface area contributed by atoms with Crippen molar-refractivity contribution >= 4 is 11.6 Å². The highest BCUT2D eigenvalue weighted by Crippen LogP contribution is 2.26. The first-order chi connectivity index (χ1) is 8.63. The van der Waals surface area contributed by atoms with Crippen LogP contribution in [-0.2, 0) is 0 Å². The molecule has 1 aliphatic rings. The molecule has 4 N–H and O–H groups in total. The van der Waals surface area contributed by atoms with Crippen LogP contribution in [0.4, 0.5) is 11.6 Å². The van der Waals surface area contributed by atoms with E-state index in [4.69, 9.17) is 5.73 Å². The van der Waals surface area contributed by atoms with Gasteiger partial charge in [-0.05, 0) is 32.6 Å². The molecule has 100 valence electrons. The molecule has 1 fully saturated rings. The minimum Gasteiger partial charge on any atom is -0.370 e. The van der Waals surface area contributed by atoms with Gasteiger partial charge in [-0.25, -0.2) is 9.97 Å². The maximum Gasteiger partial charge on any atom is 0.131 e. The van der Waals surface area contributed by atoms with E-state index in [2.05, 4.69) is 20.6 Å². The van der Waals surface area contributed by atoms with Crippen molar-refractivity contribution in [2.75, 3.05) is 23.7 Å². The maximum absolute atomic E-state index is 5.72. The minimum absolute atomic E-state index is 0.117. The van der Waals surface area contributed by atoms with Crippen LogP contribution in [0, 0.1) is 12.8 Å². The summed E-state index contributed by atoms with van der Waals surface area (Å²) in [5.74, 6) is 3.35. The van der Waals surface area contributed by atoms with Crippen molar-refractivity contribution < 1.29 is 0 Å². The lowest BCUT2D eigenvalue weighted by atomic mass is 9.85. The number of hydrogen-bond donors (Lipinski definition) is 3. The number of aromatic nitrogens is 2. The van der Waals surface area contributed by atoms with E-state index in [0.29, 0.717) is 0 Å². The van der Waals surface area contributed by atoms with Crippen LogP contribution in [0.1, 0.15) is 32.0 Å². The van der Waals surface area contributed by atoms with E-state index in [0.717, 1.165) is 36.5 Å². The molecule has 0 amide bonds. The largest absolute Gasteiger partial charge is 0.370 e. The second-order valence-electron chi connectivity index (χ2n) is 5.22. The highest BCUT2D eigenvalue weighted by Gasteiger charge is 2.17. The van der Waals surface area contributed by atoms with Gasteiger partial charge in [0.05, 0.1) is 0 Å². The number of nitrogens with two attached hydrogens (primary N) is 1. The van der Waals surface area contributed by atoms with Gasteiger partial charge in [0.15, 0.2) is 0 Å². The van der Waals surface area contributed by atoms with Crippen LogP contribution in [0.15, 0.2) is 6.07 Å². The Bertz CT molecular complexity index is 387. The van der Waals surface area contributed by atoms with Gasteiger partial charge >= 0.3 is 0 Å². The van der Waals surface area contributed by atoms with E-state index in [1.165, 1.54) is 19.3 Å². The predicted molar refractivity (Wildman–Crippen MR) is 74.7 cm³/mol. The Balaban J connectivity index is 1.91. The first-order valence-corrected chi connectivity index (χ1v) is 6.72. The molecule has 1 aliphatic carbocycles. The number of hydrogen-bond acceptors (Lipinski definition) is 5. The molecule has 0 aliphatic heterocycles. The molecule has 0 spiro atoms. The van der Waals surface area contributed by atoms with Crippen LogP contribution in [-0.4, -0.2) is 29.1 Å². The quantitative estimate of drug-likeness (QED) is 0.716. The number of anilines is 2. The summed E-state index contributed by atoms with van der Waals surface area (Å²) in [6, 6.07) is 2.07. The van der Waals surface area contributed by atoms with Crippen molar-refractivity contribution in [3.63, 3.8) is 0 Å². The number of nitrogens with zero attached hydrogens (tertiary/aromatic N) is 2. The third-order valence-electron chi connectivity index (χ3n) is 3.24. The fraction of sp³-hybridized carbons (Fsp3) is 0.692. The van der Waals surface area contributed by atoms with Crippen LogP contribution in [0.5, 0.6) is 0 Å². The zero-order valence-corrected chi connectivity index (χ0v) is 11.2. The normalized spacial score (nSPS) is 17.1. The van der Waals surface area contributed by atoms with Crippen LogP contribution in [0.2, 0.25) is 0 Å². The SMILES string of the molecule is Cc1nc(NCC(C)N)cc(NCC2CCC2)n1. The summed E-state index contributed by atoms with van der Waals surface area (Å²) < 4.78 is 0. The number of nitrogens with one attached hydrogen (secondary N) is 2. The lowest BCUT2D eigenvalue weighted by Crippen LogP contribution is -2.26. The first kappa shape index (κ1) is 13.1. The van der Waals surface area contributed by atoms with Crippen molar-refractivity contribution in [2.24, 2.45) is 11.7 Å². The molecule has 5 nitrogen and oxygen atoms in total. The van der Waals surface area contributed by atoms with E-state index < -0.39 is 0 Å². The molecular formula is C13H23N5. The van der Waals surface area contributed by atoms with Crippen LogP contribution in [0.25, 0.3) is 0 Å². The molecule has 1 atom stereocenters. The van der Waals surface area contributed by atoms with Crippen molar-refractivity contribution in [1.82, 2.24) is 9.97 Å². The van der Waals surface area contributed by atoms with Gasteiger partial charge in [-0.1, -0.05) is 6.42 Å². The van der Waals surface area contributed by atoms with Gasteiger partial charge in [-0.2, -0.15) is 0 Å². The third kappa shape index (κ3) is 3.84. The van der Waals surface area contributed by atoms with Crippen LogP contribution < -0.4 is 16.4 Å². The summed E-state index contributed by atoms with van der Waals surface area (Å²) in [7, 11) is 0. The van der Waals surface area contributed by atoms with Crippen molar-refractivity contribution in [1.29, 1.82) is 0 Å². The van der Waals surface area contributed by atoms with Gasteiger partial charge < -0.3 is 16.4 Å². The molecule has 1 heterocycles. The summed E-state index contributed by atoms with van der Waals surface area (Å²) >= 11 is 0. The summed E-state index contributed by atoms with van der Waals surface area (Å²) in [6.45, 7) is 5.62. The number of rotatable bonds is 6. The van der Waals surface area contributed by atoms with Gasteiger partial charge in [0.1, 0.15) is 17.5 Å². The lowest BCUT2D eigenvalue weighted by molar-refractivity contribution is 0.333. The van der Waals surface area contributed by atoms with Crippen molar-refractivity contribution in [2.45, 2.75) is 39.2 Å². The molecule has 5 heteroatoms. The fourth-order valence-corrected chi connectivity index (χ4v) is 1.96.